The second-order valence-electron chi connectivity index (χ2n) is 6.83. The Hall–Kier alpha value is -2.71. The molecule has 0 aliphatic carbocycles. The Balaban J connectivity index is 2.00. The number of halogens is 4. The molecular formula is C20H19Cl2F2N4O2+. The van der Waals surface area contributed by atoms with Crippen molar-refractivity contribution in [3.05, 3.63) is 79.7 Å². The minimum Gasteiger partial charge on any atom is -0.485 e. The van der Waals surface area contributed by atoms with Crippen LogP contribution in [0.15, 0.2) is 35.4 Å². The maximum absolute atomic E-state index is 13.8. The Morgan fingerprint density at radius 2 is 1.90 bits per heavy atom. The highest BCUT2D eigenvalue weighted by Crippen LogP contribution is 2.26. The standard InChI is InChI=1S/C20H19Cl2F2N4O2/c1-11-9-27(26(3)4)18(21)7-16(11)28-12(2)5-17(19(22)20(28)29)30-10-15-14(24)6-13(23)8-25-15/h5-9H,10H2,1-4H3/q+1. The van der Waals surface area contributed by atoms with Crippen LogP contribution in [0.2, 0.25) is 10.2 Å². The van der Waals surface area contributed by atoms with Gasteiger partial charge in [-0.15, -0.1) is 0 Å². The third-order valence-electron chi connectivity index (χ3n) is 4.41. The summed E-state index contributed by atoms with van der Waals surface area (Å²) in [5, 5.41) is 2.02. The van der Waals surface area contributed by atoms with Crippen LogP contribution in [-0.2, 0) is 6.61 Å². The van der Waals surface area contributed by atoms with Gasteiger partial charge in [0, 0.05) is 23.4 Å². The summed E-state index contributed by atoms with van der Waals surface area (Å²) in [7, 11) is 3.68. The highest BCUT2D eigenvalue weighted by Gasteiger charge is 2.21. The van der Waals surface area contributed by atoms with Crippen LogP contribution in [0.25, 0.3) is 5.69 Å². The number of rotatable bonds is 5. The third-order valence-corrected chi connectivity index (χ3v) is 5.04. The van der Waals surface area contributed by atoms with Crippen LogP contribution < -0.4 is 20.0 Å². The van der Waals surface area contributed by atoms with E-state index in [0.29, 0.717) is 22.6 Å². The van der Waals surface area contributed by atoms with Gasteiger partial charge in [-0.3, -0.25) is 14.3 Å². The number of hydrogen-bond donors (Lipinski definition) is 0. The smallest absolute Gasteiger partial charge is 0.306 e. The topological polar surface area (TPSA) is 51.2 Å². The molecule has 0 fully saturated rings. The van der Waals surface area contributed by atoms with Gasteiger partial charge in [0.15, 0.2) is 5.82 Å². The van der Waals surface area contributed by atoms with Crippen LogP contribution in [0.1, 0.15) is 17.0 Å². The number of nitrogens with zero attached hydrogens (tertiary/aromatic N) is 4. The minimum absolute atomic E-state index is 0.0731. The van der Waals surface area contributed by atoms with Crippen LogP contribution in [0, 0.1) is 25.5 Å². The van der Waals surface area contributed by atoms with Gasteiger partial charge in [0.05, 0.1) is 32.0 Å². The fraction of sp³-hybridized carbons (Fsp3) is 0.250. The van der Waals surface area contributed by atoms with Crippen LogP contribution in [0.5, 0.6) is 5.75 Å². The second kappa shape index (κ2) is 8.57. The van der Waals surface area contributed by atoms with E-state index in [1.807, 2.05) is 21.0 Å². The molecule has 158 valence electrons. The Kier molecular flexibility index (Phi) is 6.28. The van der Waals surface area contributed by atoms with Gasteiger partial charge in [-0.25, -0.2) is 8.78 Å². The quantitative estimate of drug-likeness (QED) is 0.436. The first-order valence-corrected chi connectivity index (χ1v) is 9.60. The van der Waals surface area contributed by atoms with Gasteiger partial charge in [-0.05, 0) is 25.4 Å². The van der Waals surface area contributed by atoms with E-state index >= 15 is 0 Å². The first-order valence-electron chi connectivity index (χ1n) is 8.84. The molecule has 6 nitrogen and oxygen atoms in total. The summed E-state index contributed by atoms with van der Waals surface area (Å²) in [6.45, 7) is 3.24. The zero-order valence-corrected chi connectivity index (χ0v) is 18.2. The largest absolute Gasteiger partial charge is 0.485 e. The maximum Gasteiger partial charge on any atom is 0.306 e. The van der Waals surface area contributed by atoms with E-state index in [1.165, 1.54) is 4.57 Å². The molecular weight excluding hydrogens is 437 g/mol. The average molecular weight is 456 g/mol. The van der Waals surface area contributed by atoms with E-state index in [9.17, 15) is 13.6 Å². The molecule has 0 radical (unpaired) electrons. The average Bonchev–Trinajstić information content (AvgIpc) is 2.67. The van der Waals surface area contributed by atoms with Crippen LogP contribution in [0.4, 0.5) is 8.78 Å². The number of aryl methyl sites for hydroxylation is 2. The molecule has 10 heteroatoms. The first-order chi connectivity index (χ1) is 14.1. The van der Waals surface area contributed by atoms with E-state index < -0.39 is 17.2 Å². The fourth-order valence-electron chi connectivity index (χ4n) is 2.93. The van der Waals surface area contributed by atoms with Crippen molar-refractivity contribution in [3.8, 4) is 11.4 Å². The number of aromatic nitrogens is 3. The summed E-state index contributed by atoms with van der Waals surface area (Å²) < 4.78 is 35.4. The van der Waals surface area contributed by atoms with Crippen LogP contribution in [-0.4, -0.2) is 23.6 Å². The van der Waals surface area contributed by atoms with Crippen molar-refractivity contribution in [1.82, 2.24) is 9.55 Å². The Bertz CT molecular complexity index is 1180. The summed E-state index contributed by atoms with van der Waals surface area (Å²) >= 11 is 12.6. The zero-order valence-electron chi connectivity index (χ0n) is 16.7. The summed E-state index contributed by atoms with van der Waals surface area (Å²) in [4.78, 5) is 16.6. The monoisotopic (exact) mass is 455 g/mol. The van der Waals surface area contributed by atoms with Crippen molar-refractivity contribution < 1.29 is 18.2 Å². The van der Waals surface area contributed by atoms with E-state index in [-0.39, 0.29) is 23.1 Å². The maximum atomic E-state index is 13.8. The van der Waals surface area contributed by atoms with Gasteiger partial charge in [-0.2, -0.15) is 5.01 Å². The van der Waals surface area contributed by atoms with Crippen LogP contribution in [0.3, 0.4) is 0 Å². The van der Waals surface area contributed by atoms with Crippen molar-refractivity contribution in [3.63, 3.8) is 0 Å². The summed E-state index contributed by atoms with van der Waals surface area (Å²) in [6, 6.07) is 3.93. The van der Waals surface area contributed by atoms with Crippen molar-refractivity contribution in [2.75, 3.05) is 19.1 Å². The second-order valence-corrected chi connectivity index (χ2v) is 7.60. The molecule has 30 heavy (non-hydrogen) atoms. The molecule has 0 atom stereocenters. The molecule has 3 aromatic heterocycles. The third kappa shape index (κ3) is 4.24. The highest BCUT2D eigenvalue weighted by molar-refractivity contribution is 6.31. The summed E-state index contributed by atoms with van der Waals surface area (Å²) in [5.41, 5.74) is 1.28. The van der Waals surface area contributed by atoms with Crippen LogP contribution >= 0.6 is 23.2 Å². The normalized spacial score (nSPS) is 10.9. The molecule has 0 N–H and O–H groups in total. The van der Waals surface area contributed by atoms with Gasteiger partial charge in [-0.1, -0.05) is 16.3 Å². The van der Waals surface area contributed by atoms with Crippen molar-refractivity contribution in [1.29, 1.82) is 0 Å². The zero-order chi connectivity index (χ0) is 22.2. The lowest BCUT2D eigenvalue weighted by molar-refractivity contribution is -0.685. The van der Waals surface area contributed by atoms with Gasteiger partial charge < -0.3 is 4.74 Å². The minimum atomic E-state index is -0.847. The summed E-state index contributed by atoms with van der Waals surface area (Å²) in [5.74, 6) is -1.57. The summed E-state index contributed by atoms with van der Waals surface area (Å²) in [6.07, 6.45) is 2.68. The number of ether oxygens (including phenoxy) is 1. The lowest BCUT2D eigenvalue weighted by atomic mass is 10.2. The van der Waals surface area contributed by atoms with Gasteiger partial charge >= 0.3 is 5.15 Å². The molecule has 3 aromatic rings. The fourth-order valence-corrected chi connectivity index (χ4v) is 3.43. The molecule has 0 bridgehead atoms. The van der Waals surface area contributed by atoms with E-state index in [2.05, 4.69) is 4.98 Å². The molecule has 0 aliphatic rings. The van der Waals surface area contributed by atoms with Crippen molar-refractivity contribution >= 4 is 23.2 Å². The molecule has 0 saturated carbocycles. The molecule has 3 heterocycles. The first kappa shape index (κ1) is 22.0. The van der Waals surface area contributed by atoms with E-state index in [0.717, 1.165) is 11.8 Å². The SMILES string of the molecule is Cc1c[n+](N(C)C)c(Cl)cc1-n1c(C)cc(OCc2ncc(F)cc2F)c(Cl)c1=O. The van der Waals surface area contributed by atoms with E-state index in [4.69, 9.17) is 27.9 Å². The van der Waals surface area contributed by atoms with Gasteiger partial charge in [0.2, 0.25) is 6.20 Å². The number of hydrogen-bond acceptors (Lipinski definition) is 4. The Morgan fingerprint density at radius 3 is 2.53 bits per heavy atom. The molecule has 3 rings (SSSR count). The molecule has 0 amide bonds. The predicted octanol–water partition coefficient (Wildman–Crippen LogP) is 3.50. The number of pyridine rings is 3. The predicted molar refractivity (Wildman–Crippen MR) is 110 cm³/mol. The van der Waals surface area contributed by atoms with E-state index in [1.54, 1.807) is 34.9 Å². The molecule has 0 unspecified atom stereocenters. The molecule has 0 aromatic carbocycles. The molecule has 0 aliphatic heterocycles. The van der Waals surface area contributed by atoms with Crippen molar-refractivity contribution in [2.24, 2.45) is 0 Å². The molecule has 0 spiro atoms. The Morgan fingerprint density at radius 1 is 1.20 bits per heavy atom. The van der Waals surface area contributed by atoms with Gasteiger partial charge in [0.25, 0.3) is 5.56 Å². The molecule has 0 saturated heterocycles. The lowest BCUT2D eigenvalue weighted by Gasteiger charge is -2.16. The Labute approximate surface area is 181 Å². The van der Waals surface area contributed by atoms with Gasteiger partial charge in [0.1, 0.15) is 28.9 Å². The highest BCUT2D eigenvalue weighted by atomic mass is 35.5. The van der Waals surface area contributed by atoms with Crippen molar-refractivity contribution in [2.45, 2.75) is 20.5 Å². The lowest BCUT2D eigenvalue weighted by Crippen LogP contribution is -2.53.